The Morgan fingerprint density at radius 1 is 1.30 bits per heavy atom. The largest absolute Gasteiger partial charge is 0.382 e. The zero-order valence-electron chi connectivity index (χ0n) is 12.7. The first kappa shape index (κ1) is 15.0. The molecule has 0 spiro atoms. The SMILES string of the molecule is CCOCCCn1nc(CNC(C)C)c2ccccc21. The number of rotatable bonds is 8. The summed E-state index contributed by atoms with van der Waals surface area (Å²) in [4.78, 5) is 0. The van der Waals surface area contributed by atoms with Crippen molar-refractivity contribution in [2.24, 2.45) is 0 Å². The molecule has 1 heterocycles. The van der Waals surface area contributed by atoms with Gasteiger partial charge in [0.1, 0.15) is 0 Å². The summed E-state index contributed by atoms with van der Waals surface area (Å²) >= 11 is 0. The van der Waals surface area contributed by atoms with Crippen LogP contribution in [0.1, 0.15) is 32.9 Å². The Morgan fingerprint density at radius 2 is 2.10 bits per heavy atom. The van der Waals surface area contributed by atoms with Crippen LogP contribution in [0.3, 0.4) is 0 Å². The van der Waals surface area contributed by atoms with Crippen molar-refractivity contribution in [1.82, 2.24) is 15.1 Å². The molecular weight excluding hydrogens is 250 g/mol. The van der Waals surface area contributed by atoms with Gasteiger partial charge in [-0.15, -0.1) is 0 Å². The molecule has 0 atom stereocenters. The molecule has 0 amide bonds. The van der Waals surface area contributed by atoms with Crippen LogP contribution in [-0.4, -0.2) is 29.0 Å². The first-order valence-corrected chi connectivity index (χ1v) is 7.48. The molecule has 20 heavy (non-hydrogen) atoms. The smallest absolute Gasteiger partial charge is 0.0841 e. The molecule has 0 aliphatic rings. The van der Waals surface area contributed by atoms with Gasteiger partial charge in [0.05, 0.1) is 11.2 Å². The number of hydrogen-bond donors (Lipinski definition) is 1. The van der Waals surface area contributed by atoms with Gasteiger partial charge < -0.3 is 10.1 Å². The number of hydrogen-bond acceptors (Lipinski definition) is 3. The normalized spacial score (nSPS) is 11.6. The third kappa shape index (κ3) is 3.81. The van der Waals surface area contributed by atoms with Crippen molar-refractivity contribution in [2.45, 2.75) is 46.3 Å². The van der Waals surface area contributed by atoms with Crippen LogP contribution in [0.5, 0.6) is 0 Å². The van der Waals surface area contributed by atoms with E-state index in [9.17, 15) is 0 Å². The highest BCUT2D eigenvalue weighted by Gasteiger charge is 2.09. The van der Waals surface area contributed by atoms with Crippen molar-refractivity contribution in [3.63, 3.8) is 0 Å². The number of nitrogens with one attached hydrogen (secondary N) is 1. The predicted octanol–water partition coefficient (Wildman–Crippen LogP) is 2.96. The lowest BCUT2D eigenvalue weighted by Gasteiger charge is -2.05. The van der Waals surface area contributed by atoms with E-state index in [2.05, 4.69) is 48.1 Å². The van der Waals surface area contributed by atoms with Crippen molar-refractivity contribution >= 4 is 10.9 Å². The molecule has 0 bridgehead atoms. The number of fused-ring (bicyclic) bond motifs is 1. The molecule has 0 fully saturated rings. The minimum atomic E-state index is 0.469. The average Bonchev–Trinajstić information content (AvgIpc) is 2.80. The van der Waals surface area contributed by atoms with Crippen LogP contribution in [-0.2, 0) is 17.8 Å². The van der Waals surface area contributed by atoms with E-state index in [0.717, 1.165) is 38.4 Å². The Hall–Kier alpha value is -1.39. The van der Waals surface area contributed by atoms with Gasteiger partial charge in [0.2, 0.25) is 0 Å². The van der Waals surface area contributed by atoms with Gasteiger partial charge in [-0.3, -0.25) is 4.68 Å². The summed E-state index contributed by atoms with van der Waals surface area (Å²) in [7, 11) is 0. The summed E-state index contributed by atoms with van der Waals surface area (Å²) in [6.07, 6.45) is 0.997. The Morgan fingerprint density at radius 3 is 2.85 bits per heavy atom. The van der Waals surface area contributed by atoms with Gasteiger partial charge in [-0.1, -0.05) is 32.0 Å². The lowest BCUT2D eigenvalue weighted by Crippen LogP contribution is -2.22. The molecule has 0 radical (unpaired) electrons. The fraction of sp³-hybridized carbons (Fsp3) is 0.562. The summed E-state index contributed by atoms with van der Waals surface area (Å²) in [5.74, 6) is 0. The third-order valence-corrected chi connectivity index (χ3v) is 3.27. The summed E-state index contributed by atoms with van der Waals surface area (Å²) in [5, 5.41) is 9.45. The maximum Gasteiger partial charge on any atom is 0.0841 e. The quantitative estimate of drug-likeness (QED) is 0.753. The number of nitrogens with zero attached hydrogens (tertiary/aromatic N) is 2. The molecule has 0 saturated carbocycles. The van der Waals surface area contributed by atoms with Gasteiger partial charge in [-0.05, 0) is 19.4 Å². The minimum Gasteiger partial charge on any atom is -0.382 e. The maximum atomic E-state index is 5.40. The molecule has 4 heteroatoms. The van der Waals surface area contributed by atoms with E-state index in [-0.39, 0.29) is 0 Å². The second-order valence-electron chi connectivity index (χ2n) is 5.27. The summed E-state index contributed by atoms with van der Waals surface area (Å²) in [6, 6.07) is 8.91. The highest BCUT2D eigenvalue weighted by atomic mass is 16.5. The van der Waals surface area contributed by atoms with Crippen molar-refractivity contribution in [1.29, 1.82) is 0 Å². The number of aromatic nitrogens is 2. The third-order valence-electron chi connectivity index (χ3n) is 3.27. The number of benzene rings is 1. The molecule has 1 N–H and O–H groups in total. The van der Waals surface area contributed by atoms with Crippen LogP contribution in [0.2, 0.25) is 0 Å². The van der Waals surface area contributed by atoms with Gasteiger partial charge >= 0.3 is 0 Å². The fourth-order valence-corrected chi connectivity index (χ4v) is 2.26. The molecular formula is C16H25N3O. The van der Waals surface area contributed by atoms with Crippen molar-refractivity contribution in [2.75, 3.05) is 13.2 Å². The van der Waals surface area contributed by atoms with Crippen LogP contribution >= 0.6 is 0 Å². The molecule has 0 aliphatic carbocycles. The maximum absolute atomic E-state index is 5.40. The van der Waals surface area contributed by atoms with Gasteiger partial charge in [0, 0.05) is 37.7 Å². The lowest BCUT2D eigenvalue weighted by molar-refractivity contribution is 0.141. The van der Waals surface area contributed by atoms with Crippen LogP contribution < -0.4 is 5.32 Å². The van der Waals surface area contributed by atoms with Crippen LogP contribution in [0.25, 0.3) is 10.9 Å². The van der Waals surface area contributed by atoms with Crippen molar-refractivity contribution < 1.29 is 4.74 Å². The molecule has 4 nitrogen and oxygen atoms in total. The van der Waals surface area contributed by atoms with E-state index in [1.54, 1.807) is 0 Å². The fourth-order valence-electron chi connectivity index (χ4n) is 2.26. The standard InChI is InChI=1S/C16H25N3O/c1-4-20-11-7-10-19-16-9-6-5-8-14(16)15(18-19)12-17-13(2)3/h5-6,8-9,13,17H,4,7,10-12H2,1-3H3. The molecule has 0 saturated heterocycles. The summed E-state index contributed by atoms with van der Waals surface area (Å²) < 4.78 is 7.50. The molecule has 0 aliphatic heterocycles. The van der Waals surface area contributed by atoms with Gasteiger partial charge in [0.15, 0.2) is 0 Å². The average molecular weight is 275 g/mol. The zero-order valence-corrected chi connectivity index (χ0v) is 12.7. The van der Waals surface area contributed by atoms with E-state index in [1.807, 2.05) is 6.92 Å². The highest BCUT2D eigenvalue weighted by molar-refractivity contribution is 5.81. The molecule has 2 rings (SSSR count). The first-order chi connectivity index (χ1) is 9.72. The Bertz CT molecular complexity index is 534. The number of ether oxygens (including phenoxy) is 1. The summed E-state index contributed by atoms with van der Waals surface area (Å²) in [6.45, 7) is 9.63. The molecule has 110 valence electrons. The van der Waals surface area contributed by atoms with E-state index in [4.69, 9.17) is 9.84 Å². The van der Waals surface area contributed by atoms with Crippen LogP contribution in [0, 0.1) is 0 Å². The second kappa shape index (κ2) is 7.41. The van der Waals surface area contributed by atoms with E-state index < -0.39 is 0 Å². The molecule has 0 unspecified atom stereocenters. The van der Waals surface area contributed by atoms with Crippen molar-refractivity contribution in [3.05, 3.63) is 30.0 Å². The van der Waals surface area contributed by atoms with Gasteiger partial charge in [-0.2, -0.15) is 5.10 Å². The molecule has 2 aromatic rings. The predicted molar refractivity (Wildman–Crippen MR) is 82.8 cm³/mol. The van der Waals surface area contributed by atoms with Gasteiger partial charge in [0.25, 0.3) is 0 Å². The van der Waals surface area contributed by atoms with Crippen LogP contribution in [0.15, 0.2) is 24.3 Å². The van der Waals surface area contributed by atoms with Crippen molar-refractivity contribution in [3.8, 4) is 0 Å². The molecule has 1 aromatic carbocycles. The number of para-hydroxylation sites is 1. The topological polar surface area (TPSA) is 39.1 Å². The highest BCUT2D eigenvalue weighted by Crippen LogP contribution is 2.18. The Balaban J connectivity index is 2.13. The Labute approximate surface area is 121 Å². The van der Waals surface area contributed by atoms with Gasteiger partial charge in [-0.25, -0.2) is 0 Å². The lowest BCUT2D eigenvalue weighted by atomic mass is 10.2. The Kier molecular flexibility index (Phi) is 5.56. The van der Waals surface area contributed by atoms with Crippen LogP contribution in [0.4, 0.5) is 0 Å². The zero-order chi connectivity index (χ0) is 14.4. The first-order valence-electron chi connectivity index (χ1n) is 7.48. The van der Waals surface area contributed by atoms with E-state index >= 15 is 0 Å². The number of aryl methyl sites for hydroxylation is 1. The summed E-state index contributed by atoms with van der Waals surface area (Å²) in [5.41, 5.74) is 2.34. The van der Waals surface area contributed by atoms with E-state index in [0.29, 0.717) is 6.04 Å². The second-order valence-corrected chi connectivity index (χ2v) is 5.27. The van der Waals surface area contributed by atoms with E-state index in [1.165, 1.54) is 10.9 Å². The minimum absolute atomic E-state index is 0.469. The molecule has 1 aromatic heterocycles. The monoisotopic (exact) mass is 275 g/mol.